The SMILES string of the molecule is COc1ccc(CC23CC(CN(c4ccc(C5(C#N)C=Cc6c7cn[nH]c7nn6C5)cn4)C2)N3)cn1. The summed E-state index contributed by atoms with van der Waals surface area (Å²) in [6, 6.07) is 11.0. The number of rotatable bonds is 5. The van der Waals surface area contributed by atoms with Crippen molar-refractivity contribution in [2.45, 2.75) is 36.4 Å². The van der Waals surface area contributed by atoms with Gasteiger partial charge in [-0.1, -0.05) is 18.2 Å². The van der Waals surface area contributed by atoms with E-state index in [1.54, 1.807) is 13.3 Å². The Hall–Kier alpha value is -4.23. The molecule has 2 bridgehead atoms. The summed E-state index contributed by atoms with van der Waals surface area (Å²) in [6.45, 7) is 2.24. The van der Waals surface area contributed by atoms with Crippen molar-refractivity contribution in [1.29, 1.82) is 5.26 Å². The molecule has 3 unspecified atom stereocenters. The third-order valence-corrected chi connectivity index (χ3v) is 7.74. The molecule has 180 valence electrons. The first-order chi connectivity index (χ1) is 17.6. The van der Waals surface area contributed by atoms with Crippen molar-refractivity contribution in [3.05, 3.63) is 65.8 Å². The topological polar surface area (TPSA) is 121 Å². The van der Waals surface area contributed by atoms with Crippen molar-refractivity contribution in [2.75, 3.05) is 25.1 Å². The molecule has 0 spiro atoms. The molecular weight excluding hydrogens is 454 g/mol. The van der Waals surface area contributed by atoms with Gasteiger partial charge in [0.1, 0.15) is 11.2 Å². The van der Waals surface area contributed by atoms with Crippen LogP contribution in [-0.2, 0) is 18.4 Å². The van der Waals surface area contributed by atoms with Gasteiger partial charge in [0.05, 0.1) is 37.0 Å². The van der Waals surface area contributed by atoms with Crippen molar-refractivity contribution >= 4 is 22.9 Å². The lowest BCUT2D eigenvalue weighted by Crippen LogP contribution is -2.76. The van der Waals surface area contributed by atoms with E-state index in [9.17, 15) is 5.26 Å². The first-order valence-electron chi connectivity index (χ1n) is 12.1. The molecule has 2 N–H and O–H groups in total. The van der Waals surface area contributed by atoms with Crippen molar-refractivity contribution < 1.29 is 4.74 Å². The Morgan fingerprint density at radius 2 is 2.08 bits per heavy atom. The highest BCUT2D eigenvalue weighted by Gasteiger charge is 2.49. The highest BCUT2D eigenvalue weighted by molar-refractivity contribution is 5.84. The number of piperidine rings is 1. The zero-order valence-electron chi connectivity index (χ0n) is 19.8. The van der Waals surface area contributed by atoms with E-state index in [0.29, 0.717) is 18.5 Å². The van der Waals surface area contributed by atoms with Gasteiger partial charge >= 0.3 is 0 Å². The monoisotopic (exact) mass is 479 g/mol. The maximum atomic E-state index is 10.2. The molecule has 0 saturated carbocycles. The number of pyridine rings is 2. The van der Waals surface area contributed by atoms with Gasteiger partial charge in [0.2, 0.25) is 5.88 Å². The van der Waals surface area contributed by atoms with Crippen LogP contribution in [0.5, 0.6) is 5.88 Å². The van der Waals surface area contributed by atoms with Gasteiger partial charge in [0.15, 0.2) is 5.65 Å². The van der Waals surface area contributed by atoms with Crippen LogP contribution in [0.1, 0.15) is 23.2 Å². The Labute approximate surface area is 207 Å². The number of hydrogen-bond donors (Lipinski definition) is 2. The number of anilines is 1. The van der Waals surface area contributed by atoms with Gasteiger partial charge in [-0.2, -0.15) is 15.5 Å². The molecule has 4 aliphatic heterocycles. The number of fused-ring (bicyclic) bond motifs is 5. The van der Waals surface area contributed by atoms with Gasteiger partial charge in [-0.05, 0) is 36.1 Å². The molecule has 8 heterocycles. The summed E-state index contributed by atoms with van der Waals surface area (Å²) in [7, 11) is 1.63. The molecule has 4 aromatic rings. The number of H-pyrrole nitrogens is 1. The third-order valence-electron chi connectivity index (χ3n) is 7.74. The Balaban J connectivity index is 1.10. The maximum Gasteiger partial charge on any atom is 0.212 e. The quantitative estimate of drug-likeness (QED) is 0.447. The van der Waals surface area contributed by atoms with E-state index in [0.717, 1.165) is 54.0 Å². The molecule has 0 radical (unpaired) electrons. The largest absolute Gasteiger partial charge is 0.481 e. The first-order valence-corrected chi connectivity index (χ1v) is 12.1. The van der Waals surface area contributed by atoms with E-state index in [4.69, 9.17) is 9.72 Å². The molecule has 0 amide bonds. The van der Waals surface area contributed by atoms with E-state index in [-0.39, 0.29) is 5.54 Å². The molecular formula is C26H25N9O. The van der Waals surface area contributed by atoms with Crippen LogP contribution < -0.4 is 15.0 Å². The van der Waals surface area contributed by atoms with E-state index in [2.05, 4.69) is 42.6 Å². The fraction of sp³-hybridized carbons (Fsp3) is 0.346. The number of hydrogen-bond acceptors (Lipinski definition) is 8. The molecule has 36 heavy (non-hydrogen) atoms. The third kappa shape index (κ3) is 3.20. The molecule has 10 nitrogen and oxygen atoms in total. The van der Waals surface area contributed by atoms with Crippen LogP contribution in [0.15, 0.2) is 48.9 Å². The van der Waals surface area contributed by atoms with E-state index in [1.807, 2.05) is 47.4 Å². The smallest absolute Gasteiger partial charge is 0.212 e. The number of nitriles is 1. The molecule has 4 aliphatic rings. The zero-order chi connectivity index (χ0) is 24.3. The fourth-order valence-corrected chi connectivity index (χ4v) is 6.01. The maximum absolute atomic E-state index is 10.2. The van der Waals surface area contributed by atoms with Gasteiger partial charge in [0, 0.05) is 43.1 Å². The summed E-state index contributed by atoms with van der Waals surface area (Å²) in [5, 5.41) is 26.5. The molecule has 3 atom stereocenters. The summed E-state index contributed by atoms with van der Waals surface area (Å²) in [5.74, 6) is 1.57. The summed E-state index contributed by atoms with van der Waals surface area (Å²) in [4.78, 5) is 11.5. The van der Waals surface area contributed by atoms with E-state index in [1.165, 1.54) is 5.56 Å². The second-order valence-corrected chi connectivity index (χ2v) is 10.1. The summed E-state index contributed by atoms with van der Waals surface area (Å²) < 4.78 is 7.07. The number of aromatic amines is 1. The number of nitrogens with one attached hydrogen (secondary N) is 2. The molecule has 0 aliphatic carbocycles. The average molecular weight is 480 g/mol. The number of nitrogens with zero attached hydrogens (tertiary/aromatic N) is 7. The Kier molecular flexibility index (Phi) is 4.47. The van der Waals surface area contributed by atoms with Gasteiger partial charge in [-0.3, -0.25) is 9.78 Å². The number of aromatic nitrogens is 6. The standard InChI is InChI=1S/C26H25N9O/c1-36-23-5-2-17(10-29-23)8-26-9-19(31-26)13-34(16-26)22-4-3-18(11-28-22)25(14-27)7-6-21-20-12-30-32-24(20)33-35(21)15-25/h2-7,10-12,19,31H,8-9,13,15-16H2,1H3,(H,32,33). The number of allylic oxidation sites excluding steroid dienone is 1. The Bertz CT molecular complexity index is 1510. The van der Waals surface area contributed by atoms with Crippen molar-refractivity contribution in [2.24, 2.45) is 0 Å². The lowest BCUT2D eigenvalue weighted by molar-refractivity contribution is 0.107. The number of ether oxygens (including phenoxy) is 1. The highest BCUT2D eigenvalue weighted by atomic mass is 16.5. The normalized spacial score (nSPS) is 26.3. The summed E-state index contributed by atoms with van der Waals surface area (Å²) >= 11 is 0. The summed E-state index contributed by atoms with van der Waals surface area (Å²) in [5.41, 5.74) is 2.96. The van der Waals surface area contributed by atoms with Crippen LogP contribution in [0, 0.1) is 11.3 Å². The minimum atomic E-state index is -0.816. The van der Waals surface area contributed by atoms with Crippen LogP contribution in [0.25, 0.3) is 17.1 Å². The second kappa shape index (κ2) is 7.63. The number of piperazine rings is 1. The molecule has 4 aromatic heterocycles. The fourth-order valence-electron chi connectivity index (χ4n) is 6.01. The van der Waals surface area contributed by atoms with Crippen molar-refractivity contribution in [3.8, 4) is 11.9 Å². The van der Waals surface area contributed by atoms with Crippen LogP contribution >= 0.6 is 0 Å². The van der Waals surface area contributed by atoms with Gasteiger partial charge in [-0.25, -0.2) is 9.97 Å². The van der Waals surface area contributed by atoms with Crippen LogP contribution in [-0.4, -0.2) is 61.7 Å². The predicted octanol–water partition coefficient (Wildman–Crippen LogP) is 2.21. The highest BCUT2D eigenvalue weighted by Crippen LogP contribution is 2.38. The predicted molar refractivity (Wildman–Crippen MR) is 133 cm³/mol. The lowest BCUT2D eigenvalue weighted by atomic mass is 9.73. The van der Waals surface area contributed by atoms with Gasteiger partial charge in [-0.15, -0.1) is 0 Å². The molecule has 3 saturated heterocycles. The lowest BCUT2D eigenvalue weighted by Gasteiger charge is -2.58. The van der Waals surface area contributed by atoms with Crippen LogP contribution in [0.2, 0.25) is 0 Å². The first kappa shape index (κ1) is 21.1. The second-order valence-electron chi connectivity index (χ2n) is 10.1. The Morgan fingerprint density at radius 1 is 1.17 bits per heavy atom. The van der Waals surface area contributed by atoms with E-state index >= 15 is 0 Å². The molecule has 10 heteroatoms. The molecule has 8 rings (SSSR count). The number of methoxy groups -OCH3 is 1. The minimum Gasteiger partial charge on any atom is -0.481 e. The molecule has 0 aromatic carbocycles. The van der Waals surface area contributed by atoms with Crippen LogP contribution in [0.4, 0.5) is 5.82 Å². The van der Waals surface area contributed by atoms with Gasteiger partial charge < -0.3 is 15.0 Å². The Morgan fingerprint density at radius 3 is 2.83 bits per heavy atom. The van der Waals surface area contributed by atoms with Gasteiger partial charge in [0.25, 0.3) is 0 Å². The zero-order valence-corrected chi connectivity index (χ0v) is 19.8. The molecule has 3 fully saturated rings. The van der Waals surface area contributed by atoms with Crippen molar-refractivity contribution in [1.82, 2.24) is 35.3 Å². The summed E-state index contributed by atoms with van der Waals surface area (Å²) in [6.07, 6.45) is 11.5. The van der Waals surface area contributed by atoms with Crippen molar-refractivity contribution in [3.63, 3.8) is 0 Å². The van der Waals surface area contributed by atoms with E-state index < -0.39 is 5.41 Å². The minimum absolute atomic E-state index is 0.0216. The van der Waals surface area contributed by atoms with Crippen LogP contribution in [0.3, 0.4) is 0 Å². The average Bonchev–Trinajstić information content (AvgIpc) is 3.49.